The molecule has 1 aromatic heterocycles. The number of ether oxygens (including phenoxy) is 2. The fraction of sp³-hybridized carbons (Fsp3) is 0.474. The summed E-state index contributed by atoms with van der Waals surface area (Å²) in [6.07, 6.45) is 4.31. The maximum absolute atomic E-state index is 13.0. The van der Waals surface area contributed by atoms with Crippen LogP contribution in [0.25, 0.3) is 0 Å². The summed E-state index contributed by atoms with van der Waals surface area (Å²) in [6.45, 7) is 0.753. The van der Waals surface area contributed by atoms with Crippen LogP contribution in [-0.2, 0) is 0 Å². The molecule has 0 radical (unpaired) electrons. The second kappa shape index (κ2) is 6.43. The number of carbonyl (C=O) groups is 1. The van der Waals surface area contributed by atoms with E-state index in [4.69, 9.17) is 9.47 Å². The summed E-state index contributed by atoms with van der Waals surface area (Å²) in [6, 6.07) is 7.85. The van der Waals surface area contributed by atoms with Gasteiger partial charge in [-0.05, 0) is 49.4 Å². The number of hydrogen-bond donors (Lipinski definition) is 1. The Morgan fingerprint density at radius 3 is 2.68 bits per heavy atom. The Balaban J connectivity index is 1.58. The third kappa shape index (κ3) is 2.97. The molecule has 132 valence electrons. The molecule has 2 aliphatic rings. The van der Waals surface area contributed by atoms with Crippen LogP contribution < -0.4 is 9.47 Å². The van der Waals surface area contributed by atoms with Crippen molar-refractivity contribution >= 4 is 5.91 Å². The summed E-state index contributed by atoms with van der Waals surface area (Å²) < 4.78 is 10.7. The lowest BCUT2D eigenvalue weighted by molar-refractivity contribution is 0.0729. The smallest absolute Gasteiger partial charge is 0.274 e. The maximum Gasteiger partial charge on any atom is 0.274 e. The van der Waals surface area contributed by atoms with Gasteiger partial charge in [-0.3, -0.25) is 9.89 Å². The van der Waals surface area contributed by atoms with Crippen LogP contribution in [-0.4, -0.2) is 41.8 Å². The van der Waals surface area contributed by atoms with E-state index in [9.17, 15) is 4.79 Å². The largest absolute Gasteiger partial charge is 0.493 e. The number of nitrogens with zero attached hydrogens (tertiary/aromatic N) is 2. The van der Waals surface area contributed by atoms with Gasteiger partial charge in [0.05, 0.1) is 20.3 Å². The molecule has 1 aromatic carbocycles. The highest BCUT2D eigenvalue weighted by atomic mass is 16.5. The van der Waals surface area contributed by atoms with Crippen LogP contribution in [0.3, 0.4) is 0 Å². The van der Waals surface area contributed by atoms with Crippen molar-refractivity contribution in [2.24, 2.45) is 0 Å². The average Bonchev–Trinajstić information content (AvgIpc) is 3.19. The number of aromatic nitrogens is 2. The first-order valence-corrected chi connectivity index (χ1v) is 8.79. The molecule has 1 unspecified atom stereocenters. The molecule has 4 rings (SSSR count). The number of H-pyrrole nitrogens is 1. The highest BCUT2D eigenvalue weighted by Gasteiger charge is 2.33. The first-order chi connectivity index (χ1) is 12.2. The van der Waals surface area contributed by atoms with Gasteiger partial charge < -0.3 is 14.4 Å². The van der Waals surface area contributed by atoms with Crippen LogP contribution in [0.15, 0.2) is 24.3 Å². The minimum Gasteiger partial charge on any atom is -0.493 e. The van der Waals surface area contributed by atoms with E-state index in [2.05, 4.69) is 10.2 Å². The molecule has 6 heteroatoms. The lowest BCUT2D eigenvalue weighted by Gasteiger charge is -2.25. The van der Waals surface area contributed by atoms with Crippen molar-refractivity contribution in [2.75, 3.05) is 20.8 Å². The summed E-state index contributed by atoms with van der Waals surface area (Å²) in [7, 11) is 3.25. The fourth-order valence-electron chi connectivity index (χ4n) is 3.61. The lowest BCUT2D eigenvalue weighted by atomic mass is 10.0. The summed E-state index contributed by atoms with van der Waals surface area (Å²) in [5.41, 5.74) is 2.68. The van der Waals surface area contributed by atoms with E-state index in [0.29, 0.717) is 23.1 Å². The third-order valence-electron chi connectivity index (χ3n) is 5.14. The molecule has 2 aromatic rings. The third-order valence-corrected chi connectivity index (χ3v) is 5.14. The zero-order valence-corrected chi connectivity index (χ0v) is 14.6. The first kappa shape index (κ1) is 16.0. The molecule has 1 aliphatic heterocycles. The molecule has 1 saturated carbocycles. The van der Waals surface area contributed by atoms with Gasteiger partial charge in [0.15, 0.2) is 11.5 Å². The number of methoxy groups -OCH3 is 2. The van der Waals surface area contributed by atoms with Crippen LogP contribution >= 0.6 is 0 Å². The quantitative estimate of drug-likeness (QED) is 0.906. The predicted octanol–water partition coefficient (Wildman–Crippen LogP) is 3.28. The Labute approximate surface area is 147 Å². The van der Waals surface area contributed by atoms with E-state index in [-0.39, 0.29) is 11.9 Å². The van der Waals surface area contributed by atoms with Gasteiger partial charge in [0, 0.05) is 18.2 Å². The average molecular weight is 341 g/mol. The number of aromatic amines is 1. The summed E-state index contributed by atoms with van der Waals surface area (Å²) in [4.78, 5) is 14.9. The van der Waals surface area contributed by atoms with Gasteiger partial charge in [0.1, 0.15) is 5.69 Å². The van der Waals surface area contributed by atoms with Crippen molar-refractivity contribution in [2.45, 2.75) is 37.6 Å². The van der Waals surface area contributed by atoms with Crippen LogP contribution in [0.2, 0.25) is 0 Å². The topological polar surface area (TPSA) is 67.5 Å². The van der Waals surface area contributed by atoms with E-state index >= 15 is 0 Å². The number of hydrogen-bond acceptors (Lipinski definition) is 4. The van der Waals surface area contributed by atoms with E-state index < -0.39 is 0 Å². The zero-order valence-electron chi connectivity index (χ0n) is 14.6. The van der Waals surface area contributed by atoms with Crippen molar-refractivity contribution in [3.05, 3.63) is 41.2 Å². The van der Waals surface area contributed by atoms with Crippen molar-refractivity contribution in [1.29, 1.82) is 0 Å². The van der Waals surface area contributed by atoms with Gasteiger partial charge >= 0.3 is 0 Å². The molecule has 0 spiro atoms. The summed E-state index contributed by atoms with van der Waals surface area (Å²) in [5, 5.41) is 7.28. The van der Waals surface area contributed by atoms with Crippen LogP contribution in [0.5, 0.6) is 11.5 Å². The van der Waals surface area contributed by atoms with Crippen molar-refractivity contribution < 1.29 is 14.3 Å². The molecule has 1 N–H and O–H groups in total. The Hall–Kier alpha value is -2.50. The standard InChI is InChI=1S/C19H23N3O3/c1-24-17-8-7-13(10-18(17)25-2)16-4-3-9-22(16)19(23)15-11-14(20-21-15)12-5-6-12/h7-8,10-12,16H,3-6,9H2,1-2H3,(H,20,21). The number of benzene rings is 1. The summed E-state index contributed by atoms with van der Waals surface area (Å²) >= 11 is 0. The second-order valence-electron chi connectivity index (χ2n) is 6.75. The number of likely N-dealkylation sites (tertiary alicyclic amines) is 1. The van der Waals surface area contributed by atoms with Crippen molar-refractivity contribution in [3.8, 4) is 11.5 Å². The van der Waals surface area contributed by atoms with E-state index in [1.54, 1.807) is 14.2 Å². The normalized spacial score (nSPS) is 19.9. The predicted molar refractivity (Wildman–Crippen MR) is 93.1 cm³/mol. The molecular formula is C19H23N3O3. The van der Waals surface area contributed by atoms with E-state index in [0.717, 1.165) is 30.6 Å². The number of nitrogens with one attached hydrogen (secondary N) is 1. The van der Waals surface area contributed by atoms with E-state index in [1.165, 1.54) is 12.8 Å². The highest BCUT2D eigenvalue weighted by Crippen LogP contribution is 2.40. The highest BCUT2D eigenvalue weighted by molar-refractivity contribution is 5.93. The van der Waals surface area contributed by atoms with Crippen LogP contribution in [0, 0.1) is 0 Å². The van der Waals surface area contributed by atoms with Gasteiger partial charge in [-0.15, -0.1) is 0 Å². The van der Waals surface area contributed by atoms with Gasteiger partial charge in [0.25, 0.3) is 5.91 Å². The van der Waals surface area contributed by atoms with E-state index in [1.807, 2.05) is 29.2 Å². The number of amides is 1. The molecule has 1 aliphatic carbocycles. The Bertz CT molecular complexity index is 782. The van der Waals surface area contributed by atoms with Crippen molar-refractivity contribution in [1.82, 2.24) is 15.1 Å². The molecule has 1 atom stereocenters. The Kier molecular flexibility index (Phi) is 4.11. The summed E-state index contributed by atoms with van der Waals surface area (Å²) in [5.74, 6) is 1.95. The van der Waals surface area contributed by atoms with Crippen LogP contribution in [0.1, 0.15) is 59.4 Å². The molecule has 2 heterocycles. The number of rotatable bonds is 5. The van der Waals surface area contributed by atoms with Gasteiger partial charge in [-0.25, -0.2) is 0 Å². The fourth-order valence-corrected chi connectivity index (χ4v) is 3.61. The molecule has 1 saturated heterocycles. The molecule has 0 bridgehead atoms. The lowest BCUT2D eigenvalue weighted by Crippen LogP contribution is -2.30. The minimum absolute atomic E-state index is 0.000403. The van der Waals surface area contributed by atoms with Crippen molar-refractivity contribution in [3.63, 3.8) is 0 Å². The Morgan fingerprint density at radius 2 is 1.96 bits per heavy atom. The Morgan fingerprint density at radius 1 is 1.16 bits per heavy atom. The van der Waals surface area contributed by atoms with Crippen LogP contribution in [0.4, 0.5) is 0 Å². The number of carbonyl (C=O) groups excluding carboxylic acids is 1. The maximum atomic E-state index is 13.0. The monoisotopic (exact) mass is 341 g/mol. The second-order valence-corrected chi connectivity index (χ2v) is 6.75. The SMILES string of the molecule is COc1ccc(C2CCCN2C(=O)c2cc(C3CC3)[nH]n2)cc1OC. The molecule has 2 fully saturated rings. The zero-order chi connectivity index (χ0) is 17.4. The van der Waals surface area contributed by atoms with Gasteiger partial charge in [-0.2, -0.15) is 5.10 Å². The van der Waals surface area contributed by atoms with Gasteiger partial charge in [0.2, 0.25) is 0 Å². The molecule has 1 amide bonds. The minimum atomic E-state index is 0.000403. The molecule has 6 nitrogen and oxygen atoms in total. The van der Waals surface area contributed by atoms with Gasteiger partial charge in [-0.1, -0.05) is 6.07 Å². The molecular weight excluding hydrogens is 318 g/mol. The first-order valence-electron chi connectivity index (χ1n) is 8.79. The molecule has 25 heavy (non-hydrogen) atoms.